The van der Waals surface area contributed by atoms with Crippen molar-refractivity contribution in [3.63, 3.8) is 0 Å². The Morgan fingerprint density at radius 2 is 2.00 bits per heavy atom. The molecule has 0 radical (unpaired) electrons. The summed E-state index contributed by atoms with van der Waals surface area (Å²) >= 11 is 0. The van der Waals surface area contributed by atoms with Gasteiger partial charge >= 0.3 is 0 Å². The highest BCUT2D eigenvalue weighted by Gasteiger charge is 2.34. The lowest BCUT2D eigenvalue weighted by atomic mass is 9.87. The SMILES string of the molecule is COc1ccc(OC)c(NC(N)=NCC2CCC(F)(F)CC2)c1. The number of anilines is 1. The van der Waals surface area contributed by atoms with Gasteiger partial charge in [0.05, 0.1) is 19.9 Å². The van der Waals surface area contributed by atoms with Gasteiger partial charge in [-0.25, -0.2) is 8.78 Å². The van der Waals surface area contributed by atoms with Crippen molar-refractivity contribution >= 4 is 11.6 Å². The van der Waals surface area contributed by atoms with E-state index in [0.717, 1.165) is 0 Å². The monoisotopic (exact) mass is 327 g/mol. The van der Waals surface area contributed by atoms with E-state index in [1.807, 2.05) is 0 Å². The number of methoxy groups -OCH3 is 2. The number of nitrogens with two attached hydrogens (primary N) is 1. The second-order valence-electron chi connectivity index (χ2n) is 5.72. The highest BCUT2D eigenvalue weighted by molar-refractivity contribution is 5.94. The summed E-state index contributed by atoms with van der Waals surface area (Å²) in [5.41, 5.74) is 6.53. The predicted octanol–water partition coefficient (Wildman–Crippen LogP) is 3.26. The number of rotatable bonds is 5. The van der Waals surface area contributed by atoms with Crippen LogP contribution in [-0.2, 0) is 0 Å². The van der Waals surface area contributed by atoms with Gasteiger partial charge in [0.25, 0.3) is 0 Å². The topological polar surface area (TPSA) is 68.9 Å². The van der Waals surface area contributed by atoms with Crippen LogP contribution in [0.2, 0.25) is 0 Å². The Morgan fingerprint density at radius 1 is 1.30 bits per heavy atom. The number of alkyl halides is 2. The molecule has 1 aliphatic rings. The van der Waals surface area contributed by atoms with Crippen LogP contribution in [0.25, 0.3) is 0 Å². The van der Waals surface area contributed by atoms with Gasteiger partial charge in [0.2, 0.25) is 5.92 Å². The third-order valence-electron chi connectivity index (χ3n) is 4.03. The van der Waals surface area contributed by atoms with Crippen LogP contribution in [0.4, 0.5) is 14.5 Å². The summed E-state index contributed by atoms with van der Waals surface area (Å²) in [7, 11) is 3.13. The number of guanidine groups is 1. The number of benzene rings is 1. The molecule has 2 rings (SSSR count). The van der Waals surface area contributed by atoms with Crippen LogP contribution in [0.3, 0.4) is 0 Å². The zero-order valence-electron chi connectivity index (χ0n) is 13.4. The number of aliphatic imine (C=N–C) groups is 1. The van der Waals surface area contributed by atoms with Crippen LogP contribution < -0.4 is 20.5 Å². The minimum absolute atomic E-state index is 0.0653. The average Bonchev–Trinajstić information content (AvgIpc) is 2.53. The average molecular weight is 327 g/mol. The van der Waals surface area contributed by atoms with Gasteiger partial charge in [-0.05, 0) is 30.9 Å². The maximum atomic E-state index is 13.1. The van der Waals surface area contributed by atoms with Gasteiger partial charge in [0.1, 0.15) is 11.5 Å². The van der Waals surface area contributed by atoms with Crippen molar-refractivity contribution in [3.05, 3.63) is 18.2 Å². The van der Waals surface area contributed by atoms with Crippen LogP contribution in [0.15, 0.2) is 23.2 Å². The molecular formula is C16H23F2N3O2. The van der Waals surface area contributed by atoms with Gasteiger partial charge in [-0.1, -0.05) is 0 Å². The van der Waals surface area contributed by atoms with E-state index in [1.54, 1.807) is 32.4 Å². The minimum Gasteiger partial charge on any atom is -0.497 e. The van der Waals surface area contributed by atoms with Crippen LogP contribution in [0, 0.1) is 5.92 Å². The maximum Gasteiger partial charge on any atom is 0.248 e. The van der Waals surface area contributed by atoms with Gasteiger partial charge in [-0.3, -0.25) is 4.99 Å². The third-order valence-corrected chi connectivity index (χ3v) is 4.03. The summed E-state index contributed by atoms with van der Waals surface area (Å²) in [4.78, 5) is 4.26. The molecule has 0 bridgehead atoms. The molecule has 7 heteroatoms. The molecule has 0 spiro atoms. The van der Waals surface area contributed by atoms with Gasteiger partial charge in [-0.15, -0.1) is 0 Å². The molecule has 1 aromatic rings. The van der Waals surface area contributed by atoms with Crippen molar-refractivity contribution in [2.45, 2.75) is 31.6 Å². The standard InChI is InChI=1S/C16H23F2N3O2/c1-22-12-3-4-14(23-2)13(9-12)21-15(19)20-10-11-5-7-16(17,18)8-6-11/h3-4,9,11H,5-8,10H2,1-2H3,(H3,19,20,21). The molecule has 1 fully saturated rings. The summed E-state index contributed by atoms with van der Waals surface area (Å²) in [6.07, 6.45) is 0.826. The van der Waals surface area contributed by atoms with E-state index in [1.165, 1.54) is 0 Å². The Bertz CT molecular complexity index is 554. The first-order chi connectivity index (χ1) is 10.9. The number of halogens is 2. The minimum atomic E-state index is -2.52. The van der Waals surface area contributed by atoms with E-state index in [2.05, 4.69) is 10.3 Å². The fourth-order valence-electron chi connectivity index (χ4n) is 2.60. The van der Waals surface area contributed by atoms with Gasteiger partial charge in [0, 0.05) is 25.5 Å². The molecule has 1 saturated carbocycles. The second kappa shape index (κ2) is 7.48. The summed E-state index contributed by atoms with van der Waals surface area (Å²) < 4.78 is 36.7. The van der Waals surface area contributed by atoms with Crippen molar-refractivity contribution in [3.8, 4) is 11.5 Å². The molecule has 0 atom stereocenters. The van der Waals surface area contributed by atoms with E-state index in [9.17, 15) is 8.78 Å². The highest BCUT2D eigenvalue weighted by Crippen LogP contribution is 2.36. The zero-order valence-corrected chi connectivity index (χ0v) is 13.4. The van der Waals surface area contributed by atoms with E-state index in [4.69, 9.17) is 15.2 Å². The van der Waals surface area contributed by atoms with E-state index < -0.39 is 5.92 Å². The second-order valence-corrected chi connectivity index (χ2v) is 5.72. The molecule has 3 N–H and O–H groups in total. The van der Waals surface area contributed by atoms with Crippen LogP contribution in [0.1, 0.15) is 25.7 Å². The van der Waals surface area contributed by atoms with Gasteiger partial charge < -0.3 is 20.5 Å². The Labute approximate surface area is 134 Å². The smallest absolute Gasteiger partial charge is 0.248 e. The summed E-state index contributed by atoms with van der Waals surface area (Å²) in [6.45, 7) is 0.446. The molecular weight excluding hydrogens is 304 g/mol. The molecule has 128 valence electrons. The Morgan fingerprint density at radius 3 is 2.61 bits per heavy atom. The predicted molar refractivity (Wildman–Crippen MR) is 86.6 cm³/mol. The quantitative estimate of drug-likeness (QED) is 0.643. The lowest BCUT2D eigenvalue weighted by Gasteiger charge is -2.27. The first kappa shape index (κ1) is 17.3. The fourth-order valence-corrected chi connectivity index (χ4v) is 2.60. The van der Waals surface area contributed by atoms with E-state index in [0.29, 0.717) is 36.6 Å². The van der Waals surface area contributed by atoms with E-state index >= 15 is 0 Å². The summed E-state index contributed by atoms with van der Waals surface area (Å²) in [5, 5.41) is 2.97. The number of ether oxygens (including phenoxy) is 2. The molecule has 0 amide bonds. The lowest BCUT2D eigenvalue weighted by Crippen LogP contribution is -2.28. The summed E-state index contributed by atoms with van der Waals surface area (Å²) in [6, 6.07) is 5.29. The van der Waals surface area contributed by atoms with Crippen LogP contribution >= 0.6 is 0 Å². The fraction of sp³-hybridized carbons (Fsp3) is 0.562. The molecule has 1 aromatic carbocycles. The van der Waals surface area contributed by atoms with Crippen LogP contribution in [0.5, 0.6) is 11.5 Å². The molecule has 5 nitrogen and oxygen atoms in total. The largest absolute Gasteiger partial charge is 0.497 e. The van der Waals surface area contributed by atoms with Gasteiger partial charge in [-0.2, -0.15) is 0 Å². The first-order valence-electron chi connectivity index (χ1n) is 7.60. The number of hydrogen-bond acceptors (Lipinski definition) is 3. The molecule has 23 heavy (non-hydrogen) atoms. The van der Waals surface area contributed by atoms with Crippen molar-refractivity contribution in [1.29, 1.82) is 0 Å². The molecule has 1 aliphatic carbocycles. The van der Waals surface area contributed by atoms with Crippen LogP contribution in [-0.4, -0.2) is 32.6 Å². The molecule has 0 saturated heterocycles. The number of hydrogen-bond donors (Lipinski definition) is 2. The molecule has 0 heterocycles. The van der Waals surface area contributed by atoms with E-state index in [-0.39, 0.29) is 24.7 Å². The van der Waals surface area contributed by atoms with Gasteiger partial charge in [0.15, 0.2) is 5.96 Å². The number of nitrogens with one attached hydrogen (secondary N) is 1. The Hall–Kier alpha value is -2.05. The Kier molecular flexibility index (Phi) is 5.63. The molecule has 0 unspecified atom stereocenters. The number of nitrogens with zero attached hydrogens (tertiary/aromatic N) is 1. The highest BCUT2D eigenvalue weighted by atomic mass is 19.3. The van der Waals surface area contributed by atoms with Crippen molar-refractivity contribution in [2.24, 2.45) is 16.6 Å². The molecule has 0 aromatic heterocycles. The van der Waals surface area contributed by atoms with Crippen molar-refractivity contribution < 1.29 is 18.3 Å². The summed E-state index contributed by atoms with van der Waals surface area (Å²) in [5.74, 6) is -0.856. The Balaban J connectivity index is 1.95. The van der Waals surface area contributed by atoms with Crippen molar-refractivity contribution in [1.82, 2.24) is 0 Å². The zero-order chi connectivity index (χ0) is 16.9. The molecule has 0 aliphatic heterocycles. The first-order valence-corrected chi connectivity index (χ1v) is 7.60. The maximum absolute atomic E-state index is 13.1. The third kappa shape index (κ3) is 4.97. The van der Waals surface area contributed by atoms with Crippen molar-refractivity contribution in [2.75, 3.05) is 26.1 Å². The lowest BCUT2D eigenvalue weighted by molar-refractivity contribution is -0.0446. The normalized spacial score (nSPS) is 18.5.